The fourth-order valence-electron chi connectivity index (χ4n) is 4.69. The van der Waals surface area contributed by atoms with E-state index in [-0.39, 0.29) is 0 Å². The van der Waals surface area contributed by atoms with E-state index < -0.39 is 8.07 Å². The van der Waals surface area contributed by atoms with E-state index in [2.05, 4.69) is 50.9 Å². The summed E-state index contributed by atoms with van der Waals surface area (Å²) in [5, 5.41) is 8.10. The summed E-state index contributed by atoms with van der Waals surface area (Å²) in [6.45, 7) is 11.4. The molecule has 2 aliphatic heterocycles. The Morgan fingerprint density at radius 1 is 1.19 bits per heavy atom. The second-order valence-corrected chi connectivity index (χ2v) is 16.7. The van der Waals surface area contributed by atoms with E-state index in [1.165, 1.54) is 48.4 Å². The Hall–Kier alpha value is -1.74. The van der Waals surface area contributed by atoms with Gasteiger partial charge in [0.1, 0.15) is 10.7 Å². The average Bonchev–Trinajstić information content (AvgIpc) is 3.52. The fourth-order valence-corrected chi connectivity index (χ4v) is 6.17. The van der Waals surface area contributed by atoms with Gasteiger partial charge >= 0.3 is 0 Å². The lowest BCUT2D eigenvalue weighted by Gasteiger charge is -2.35. The maximum absolute atomic E-state index is 4.95. The maximum Gasteiger partial charge on any atom is 0.140 e. The van der Waals surface area contributed by atoms with Crippen LogP contribution < -0.4 is 10.2 Å². The van der Waals surface area contributed by atoms with Gasteiger partial charge < -0.3 is 19.9 Å². The first-order valence-corrected chi connectivity index (χ1v) is 16.3. The number of hydrogen-bond donors (Lipinski definition) is 2. The van der Waals surface area contributed by atoms with Crippen molar-refractivity contribution in [2.24, 2.45) is 0 Å². The molecule has 8 heteroatoms. The van der Waals surface area contributed by atoms with Crippen LogP contribution in [0, 0.1) is 0 Å². The van der Waals surface area contributed by atoms with Crippen molar-refractivity contribution < 1.29 is 4.74 Å². The highest BCUT2D eigenvalue weighted by atomic mass is 32.1. The first-order valence-electron chi connectivity index (χ1n) is 11.8. The molecule has 0 amide bonds. The molecule has 0 aromatic carbocycles. The van der Waals surface area contributed by atoms with Crippen LogP contribution in [0.5, 0.6) is 0 Å². The third-order valence-corrected chi connectivity index (χ3v) is 9.06. The molecule has 2 aliphatic rings. The van der Waals surface area contributed by atoms with Gasteiger partial charge in [-0.05, 0) is 37.9 Å². The number of thiazole rings is 1. The number of piperidine rings is 1. The zero-order chi connectivity index (χ0) is 22.6. The lowest BCUT2D eigenvalue weighted by atomic mass is 9.88. The van der Waals surface area contributed by atoms with Crippen molar-refractivity contribution in [3.05, 3.63) is 30.0 Å². The lowest BCUT2D eigenvalue weighted by Crippen LogP contribution is -2.50. The predicted octanol–water partition coefficient (Wildman–Crippen LogP) is 5.38. The SMILES string of the molecule is COCC[Si](C)(C)C.c1csc(-c2c[nH]c3nccc(N4CC[C@@]5(CCCCN5)C4)c23)n1. The van der Waals surface area contributed by atoms with E-state index in [1.807, 2.05) is 24.0 Å². The summed E-state index contributed by atoms with van der Waals surface area (Å²) < 4.78 is 4.95. The van der Waals surface area contributed by atoms with Crippen molar-refractivity contribution in [2.45, 2.75) is 56.9 Å². The molecule has 5 heterocycles. The van der Waals surface area contributed by atoms with Crippen LogP contribution in [0.4, 0.5) is 5.69 Å². The van der Waals surface area contributed by atoms with Crippen molar-refractivity contribution in [2.75, 3.05) is 38.3 Å². The van der Waals surface area contributed by atoms with Crippen LogP contribution in [-0.2, 0) is 4.74 Å². The first-order chi connectivity index (χ1) is 15.4. The molecule has 0 radical (unpaired) electrons. The Balaban J connectivity index is 0.000000265. The number of fused-ring (bicyclic) bond motifs is 1. The summed E-state index contributed by atoms with van der Waals surface area (Å²) in [6, 6.07) is 3.44. The normalized spacial score (nSPS) is 21.2. The highest BCUT2D eigenvalue weighted by molar-refractivity contribution is 7.13. The average molecular weight is 472 g/mol. The van der Waals surface area contributed by atoms with Crippen molar-refractivity contribution >= 4 is 36.1 Å². The third kappa shape index (κ3) is 5.42. The largest absolute Gasteiger partial charge is 0.385 e. The van der Waals surface area contributed by atoms with Crippen LogP contribution in [0.25, 0.3) is 21.6 Å². The number of pyridine rings is 1. The molecule has 32 heavy (non-hydrogen) atoms. The van der Waals surface area contributed by atoms with Gasteiger partial charge in [-0.25, -0.2) is 9.97 Å². The Bertz CT molecular complexity index is 992. The summed E-state index contributed by atoms with van der Waals surface area (Å²) in [5.41, 5.74) is 3.72. The van der Waals surface area contributed by atoms with Crippen LogP contribution in [0.1, 0.15) is 25.7 Å². The van der Waals surface area contributed by atoms with Gasteiger partial charge in [-0.3, -0.25) is 0 Å². The number of nitrogens with one attached hydrogen (secondary N) is 2. The zero-order valence-corrected chi connectivity index (χ0v) is 21.7. The predicted molar refractivity (Wildman–Crippen MR) is 139 cm³/mol. The molecule has 0 unspecified atom stereocenters. The van der Waals surface area contributed by atoms with E-state index in [9.17, 15) is 0 Å². The van der Waals surface area contributed by atoms with E-state index in [4.69, 9.17) is 4.74 Å². The van der Waals surface area contributed by atoms with Gasteiger partial charge in [0.2, 0.25) is 0 Å². The summed E-state index contributed by atoms with van der Waals surface area (Å²) in [7, 11) is 0.961. The van der Waals surface area contributed by atoms with E-state index in [1.54, 1.807) is 18.4 Å². The summed E-state index contributed by atoms with van der Waals surface area (Å²) >= 11 is 1.68. The number of nitrogens with zero attached hydrogens (tertiary/aromatic N) is 3. The molecular weight excluding hydrogens is 434 g/mol. The Kier molecular flexibility index (Phi) is 7.34. The number of hydrogen-bond acceptors (Lipinski definition) is 6. The smallest absolute Gasteiger partial charge is 0.140 e. The molecule has 3 aromatic heterocycles. The lowest BCUT2D eigenvalue weighted by molar-refractivity contribution is 0.214. The standard InChI is InChI=1S/C18H21N5S.C6H16OSi/c1-2-6-22-18(4-1)5-9-23(12-18)14-3-7-19-16-15(14)13(11-21-16)17-20-8-10-24-17;1-7-5-6-8(2,3)4/h3,7-8,10-11,22H,1-2,4-6,9,12H2,(H,19,21);5-6H2,1-4H3/t18-;/m0./s1. The molecule has 2 fully saturated rings. The van der Waals surface area contributed by atoms with Gasteiger partial charge in [0.25, 0.3) is 0 Å². The van der Waals surface area contributed by atoms with Crippen molar-refractivity contribution in [3.63, 3.8) is 0 Å². The number of rotatable bonds is 5. The van der Waals surface area contributed by atoms with Gasteiger partial charge in [0, 0.05) is 70.0 Å². The summed E-state index contributed by atoms with van der Waals surface area (Å²) in [4.78, 5) is 14.9. The van der Waals surface area contributed by atoms with Gasteiger partial charge in [-0.15, -0.1) is 11.3 Å². The van der Waals surface area contributed by atoms with Crippen LogP contribution in [0.2, 0.25) is 25.7 Å². The fraction of sp³-hybridized carbons (Fsp3) is 0.583. The number of anilines is 1. The topological polar surface area (TPSA) is 66.1 Å². The number of H-pyrrole nitrogens is 1. The molecule has 5 rings (SSSR count). The number of aromatic amines is 1. The molecule has 3 aromatic rings. The Morgan fingerprint density at radius 2 is 2.06 bits per heavy atom. The number of aromatic nitrogens is 3. The molecular formula is C24H37N5OSSi. The minimum Gasteiger partial charge on any atom is -0.385 e. The van der Waals surface area contributed by atoms with Crippen LogP contribution in [0.3, 0.4) is 0 Å². The summed E-state index contributed by atoms with van der Waals surface area (Å²) in [5.74, 6) is 0. The van der Waals surface area contributed by atoms with Crippen molar-refractivity contribution in [1.82, 2.24) is 20.3 Å². The van der Waals surface area contributed by atoms with Gasteiger partial charge in [0.05, 0.1) is 11.1 Å². The summed E-state index contributed by atoms with van der Waals surface area (Å²) in [6.07, 6.45) is 11.0. The molecule has 0 aliphatic carbocycles. The molecule has 6 nitrogen and oxygen atoms in total. The molecule has 0 saturated carbocycles. The zero-order valence-electron chi connectivity index (χ0n) is 19.9. The number of ether oxygens (including phenoxy) is 1. The van der Waals surface area contributed by atoms with E-state index in [0.29, 0.717) is 5.54 Å². The molecule has 2 saturated heterocycles. The molecule has 1 spiro atoms. The van der Waals surface area contributed by atoms with Crippen LogP contribution in [0.15, 0.2) is 30.0 Å². The third-order valence-electron chi connectivity index (χ3n) is 6.55. The van der Waals surface area contributed by atoms with Gasteiger partial charge in [0.15, 0.2) is 0 Å². The maximum atomic E-state index is 4.95. The molecule has 174 valence electrons. The minimum absolute atomic E-state index is 0.311. The minimum atomic E-state index is -0.803. The molecule has 2 N–H and O–H groups in total. The second-order valence-electron chi connectivity index (χ2n) is 10.2. The van der Waals surface area contributed by atoms with E-state index >= 15 is 0 Å². The second kappa shape index (κ2) is 10.0. The van der Waals surface area contributed by atoms with Gasteiger partial charge in [-0.1, -0.05) is 26.1 Å². The van der Waals surface area contributed by atoms with Crippen molar-refractivity contribution in [1.29, 1.82) is 0 Å². The quantitative estimate of drug-likeness (QED) is 0.489. The van der Waals surface area contributed by atoms with E-state index in [0.717, 1.165) is 36.9 Å². The first kappa shape index (κ1) is 23.4. The van der Waals surface area contributed by atoms with Crippen LogP contribution in [-0.4, -0.2) is 61.9 Å². The van der Waals surface area contributed by atoms with Crippen LogP contribution >= 0.6 is 11.3 Å². The number of methoxy groups -OCH3 is 1. The molecule has 0 bridgehead atoms. The highest BCUT2D eigenvalue weighted by Gasteiger charge is 2.39. The molecule has 1 atom stereocenters. The Morgan fingerprint density at radius 3 is 2.72 bits per heavy atom. The van der Waals surface area contributed by atoms with Gasteiger partial charge in [-0.2, -0.15) is 0 Å². The highest BCUT2D eigenvalue weighted by Crippen LogP contribution is 2.39. The van der Waals surface area contributed by atoms with Crippen molar-refractivity contribution in [3.8, 4) is 10.6 Å². The monoisotopic (exact) mass is 471 g/mol. The Labute approximate surface area is 196 Å².